The van der Waals surface area contributed by atoms with Gasteiger partial charge in [0.2, 0.25) is 5.75 Å². The van der Waals surface area contributed by atoms with Crippen LogP contribution in [0.3, 0.4) is 0 Å². The summed E-state index contributed by atoms with van der Waals surface area (Å²) in [4.78, 5) is 12.3. The fraction of sp³-hybridized carbons (Fsp3) is 0.111. The van der Waals surface area contributed by atoms with Gasteiger partial charge in [-0.05, 0) is 70.6 Å². The molecular formula is C18H15IN2O4. The van der Waals surface area contributed by atoms with E-state index in [-0.39, 0.29) is 22.8 Å². The highest BCUT2D eigenvalue weighted by atomic mass is 127. The summed E-state index contributed by atoms with van der Waals surface area (Å²) in [6, 6.07) is 12.1. The first-order chi connectivity index (χ1) is 12.0. The van der Waals surface area contributed by atoms with E-state index in [9.17, 15) is 15.2 Å². The number of benzene rings is 2. The van der Waals surface area contributed by atoms with Crippen LogP contribution in [0.15, 0.2) is 42.0 Å². The lowest BCUT2D eigenvalue weighted by Crippen LogP contribution is -2.13. The van der Waals surface area contributed by atoms with Crippen molar-refractivity contribution in [3.05, 3.63) is 51.1 Å². The minimum absolute atomic E-state index is 0.0895. The van der Waals surface area contributed by atoms with Crippen molar-refractivity contribution in [2.24, 2.45) is 0 Å². The molecule has 0 atom stereocenters. The van der Waals surface area contributed by atoms with Crippen LogP contribution in [0.25, 0.3) is 6.08 Å². The third-order valence-electron chi connectivity index (χ3n) is 3.28. The fourth-order valence-electron chi connectivity index (χ4n) is 2.04. The zero-order chi connectivity index (χ0) is 18.4. The number of phenols is 1. The molecule has 0 fully saturated rings. The quantitative estimate of drug-likeness (QED) is 0.413. The van der Waals surface area contributed by atoms with Crippen molar-refractivity contribution in [3.63, 3.8) is 0 Å². The molecule has 2 N–H and O–H groups in total. The van der Waals surface area contributed by atoms with Crippen molar-refractivity contribution in [3.8, 4) is 23.3 Å². The fourth-order valence-corrected chi connectivity index (χ4v) is 2.40. The number of rotatable bonds is 5. The molecule has 0 heterocycles. The number of nitrogens with zero attached hydrogens (tertiary/aromatic N) is 1. The van der Waals surface area contributed by atoms with Crippen LogP contribution in [-0.4, -0.2) is 25.2 Å². The van der Waals surface area contributed by atoms with Gasteiger partial charge in [-0.1, -0.05) is 0 Å². The van der Waals surface area contributed by atoms with Gasteiger partial charge in [0, 0.05) is 9.26 Å². The standard InChI is InChI=1S/C18H15IN2O4/c1-24-15-8-11(9-16(25-2)17(15)22)7-12(10-20)18(23)21-14-5-3-13(19)4-6-14/h3-9,22H,1-2H3,(H,21,23)/b12-7-. The Balaban J connectivity index is 2.32. The molecule has 7 heteroatoms. The van der Waals surface area contributed by atoms with E-state index in [1.165, 1.54) is 32.4 Å². The minimum Gasteiger partial charge on any atom is -0.502 e. The lowest BCUT2D eigenvalue weighted by molar-refractivity contribution is -0.112. The van der Waals surface area contributed by atoms with Crippen molar-refractivity contribution in [1.82, 2.24) is 0 Å². The molecule has 0 aliphatic carbocycles. The molecule has 0 saturated heterocycles. The number of aromatic hydroxyl groups is 1. The molecule has 2 rings (SSSR count). The minimum atomic E-state index is -0.533. The second kappa shape index (κ2) is 8.39. The number of nitriles is 1. The number of hydrogen-bond acceptors (Lipinski definition) is 5. The van der Waals surface area contributed by atoms with Crippen molar-refractivity contribution in [1.29, 1.82) is 5.26 Å². The Morgan fingerprint density at radius 1 is 1.20 bits per heavy atom. The molecule has 0 radical (unpaired) electrons. The third kappa shape index (κ3) is 4.64. The summed E-state index contributed by atoms with van der Waals surface area (Å²) < 4.78 is 11.2. The highest BCUT2D eigenvalue weighted by Crippen LogP contribution is 2.37. The molecule has 2 aromatic carbocycles. The van der Waals surface area contributed by atoms with Gasteiger partial charge in [0.25, 0.3) is 5.91 Å². The second-order valence-electron chi connectivity index (χ2n) is 4.90. The predicted molar refractivity (Wildman–Crippen MR) is 103 cm³/mol. The molecule has 0 aromatic heterocycles. The maximum Gasteiger partial charge on any atom is 0.266 e. The molecule has 0 spiro atoms. The maximum absolute atomic E-state index is 12.3. The molecule has 2 aromatic rings. The number of nitrogens with one attached hydrogen (secondary N) is 1. The Morgan fingerprint density at radius 3 is 2.24 bits per heavy atom. The van der Waals surface area contributed by atoms with Gasteiger partial charge in [0.05, 0.1) is 14.2 Å². The van der Waals surface area contributed by atoms with E-state index in [4.69, 9.17) is 9.47 Å². The molecule has 0 unspecified atom stereocenters. The van der Waals surface area contributed by atoms with Gasteiger partial charge >= 0.3 is 0 Å². The van der Waals surface area contributed by atoms with Crippen LogP contribution in [0.2, 0.25) is 0 Å². The number of ether oxygens (including phenoxy) is 2. The summed E-state index contributed by atoms with van der Waals surface area (Å²) in [6.45, 7) is 0. The number of hydrogen-bond donors (Lipinski definition) is 2. The Hall–Kier alpha value is -2.73. The van der Waals surface area contributed by atoms with E-state index in [1.807, 2.05) is 18.2 Å². The third-order valence-corrected chi connectivity index (χ3v) is 4.00. The highest BCUT2D eigenvalue weighted by molar-refractivity contribution is 14.1. The van der Waals surface area contributed by atoms with Crippen LogP contribution >= 0.6 is 22.6 Å². The number of halogens is 1. The molecule has 128 valence electrons. The van der Waals surface area contributed by atoms with Crippen LogP contribution < -0.4 is 14.8 Å². The van der Waals surface area contributed by atoms with E-state index in [0.29, 0.717) is 11.3 Å². The molecule has 25 heavy (non-hydrogen) atoms. The molecular weight excluding hydrogens is 435 g/mol. The van der Waals surface area contributed by atoms with Gasteiger partial charge in [-0.2, -0.15) is 5.26 Å². The van der Waals surface area contributed by atoms with Crippen molar-refractivity contribution >= 4 is 40.3 Å². The SMILES string of the molecule is COc1cc(/C=C(/C#N)C(=O)Nc2ccc(I)cc2)cc(OC)c1O. The molecule has 0 bridgehead atoms. The van der Waals surface area contributed by atoms with Crippen LogP contribution in [0.1, 0.15) is 5.56 Å². The Labute approximate surface area is 158 Å². The van der Waals surface area contributed by atoms with Crippen LogP contribution in [0.5, 0.6) is 17.2 Å². The lowest BCUT2D eigenvalue weighted by atomic mass is 10.1. The normalized spacial score (nSPS) is 10.7. The van der Waals surface area contributed by atoms with E-state index >= 15 is 0 Å². The van der Waals surface area contributed by atoms with E-state index in [0.717, 1.165) is 3.57 Å². The molecule has 6 nitrogen and oxygen atoms in total. The first-order valence-corrected chi connectivity index (χ1v) is 8.20. The van der Waals surface area contributed by atoms with Gasteiger partial charge in [0.1, 0.15) is 11.6 Å². The average molecular weight is 450 g/mol. The summed E-state index contributed by atoms with van der Waals surface area (Å²) in [6.07, 6.45) is 1.40. The van der Waals surface area contributed by atoms with Crippen molar-refractivity contribution in [2.75, 3.05) is 19.5 Å². The first-order valence-electron chi connectivity index (χ1n) is 7.12. The highest BCUT2D eigenvalue weighted by Gasteiger charge is 2.13. The van der Waals surface area contributed by atoms with E-state index < -0.39 is 5.91 Å². The smallest absolute Gasteiger partial charge is 0.266 e. The number of amides is 1. The number of carbonyl (C=O) groups excluding carboxylic acids is 1. The Kier molecular flexibility index (Phi) is 6.25. The average Bonchev–Trinajstić information content (AvgIpc) is 2.62. The molecule has 1 amide bonds. The van der Waals surface area contributed by atoms with Gasteiger partial charge < -0.3 is 19.9 Å². The second-order valence-corrected chi connectivity index (χ2v) is 6.15. The molecule has 0 aliphatic rings. The summed E-state index contributed by atoms with van der Waals surface area (Å²) in [5.74, 6) is -0.319. The van der Waals surface area contributed by atoms with Crippen LogP contribution in [0.4, 0.5) is 5.69 Å². The Bertz CT molecular complexity index is 829. The largest absolute Gasteiger partial charge is 0.502 e. The summed E-state index contributed by atoms with van der Waals surface area (Å²) in [7, 11) is 2.80. The Morgan fingerprint density at radius 2 is 1.76 bits per heavy atom. The van der Waals surface area contributed by atoms with Gasteiger partial charge in [0.15, 0.2) is 11.5 Å². The molecule has 0 saturated carbocycles. The lowest BCUT2D eigenvalue weighted by Gasteiger charge is -2.10. The summed E-state index contributed by atoms with van der Waals surface area (Å²) in [5, 5.41) is 21.9. The number of phenolic OH excluding ortho intramolecular Hbond substituents is 1. The zero-order valence-electron chi connectivity index (χ0n) is 13.5. The van der Waals surface area contributed by atoms with E-state index in [1.54, 1.807) is 12.1 Å². The zero-order valence-corrected chi connectivity index (χ0v) is 15.7. The van der Waals surface area contributed by atoms with E-state index in [2.05, 4.69) is 27.9 Å². The number of methoxy groups -OCH3 is 2. The van der Waals surface area contributed by atoms with Crippen LogP contribution in [-0.2, 0) is 4.79 Å². The summed E-state index contributed by atoms with van der Waals surface area (Å²) in [5.41, 5.74) is 0.988. The topological polar surface area (TPSA) is 91.6 Å². The maximum atomic E-state index is 12.3. The number of anilines is 1. The van der Waals surface area contributed by atoms with Gasteiger partial charge in [-0.25, -0.2) is 0 Å². The summed E-state index contributed by atoms with van der Waals surface area (Å²) >= 11 is 2.16. The van der Waals surface area contributed by atoms with Crippen molar-refractivity contribution < 1.29 is 19.4 Å². The first kappa shape index (κ1) is 18.6. The predicted octanol–water partition coefficient (Wildman–Crippen LogP) is 3.56. The van der Waals surface area contributed by atoms with Gasteiger partial charge in [-0.15, -0.1) is 0 Å². The monoisotopic (exact) mass is 450 g/mol. The van der Waals surface area contributed by atoms with Crippen molar-refractivity contribution in [2.45, 2.75) is 0 Å². The van der Waals surface area contributed by atoms with Gasteiger partial charge in [-0.3, -0.25) is 4.79 Å². The van der Waals surface area contributed by atoms with Crippen LogP contribution in [0, 0.1) is 14.9 Å². The number of carbonyl (C=O) groups is 1. The molecule has 0 aliphatic heterocycles.